The molecule has 1 aliphatic heterocycles. The average Bonchev–Trinajstić information content (AvgIpc) is 3.59. The molecule has 0 N–H and O–H groups in total. The molecule has 11 heteroatoms. The summed E-state index contributed by atoms with van der Waals surface area (Å²) in [4.78, 5) is 41.7. The Morgan fingerprint density at radius 2 is 1.95 bits per heavy atom. The van der Waals surface area contributed by atoms with Gasteiger partial charge in [0.2, 0.25) is 0 Å². The fraction of sp³-hybridized carbons (Fsp3) is 0.156. The number of nitrogens with zero attached hydrogens (tertiary/aromatic N) is 4. The highest BCUT2D eigenvalue weighted by Crippen LogP contribution is 2.36. The van der Waals surface area contributed by atoms with Gasteiger partial charge in [-0.2, -0.15) is 0 Å². The normalized spacial score (nSPS) is 14.8. The number of hydrogen-bond donors (Lipinski definition) is 0. The van der Waals surface area contributed by atoms with Crippen molar-refractivity contribution in [2.45, 2.75) is 30.1 Å². The van der Waals surface area contributed by atoms with Crippen LogP contribution in [0.1, 0.15) is 35.5 Å². The molecule has 0 saturated carbocycles. The smallest absolute Gasteiger partial charge is 0.338 e. The van der Waals surface area contributed by atoms with Crippen molar-refractivity contribution in [3.63, 3.8) is 0 Å². The Kier molecular flexibility index (Phi) is 8.08. The van der Waals surface area contributed by atoms with E-state index in [2.05, 4.69) is 9.97 Å². The molecule has 0 bridgehead atoms. The SMILES string of the molecule is CCOC(=O)C1=C(c2ccccc2)N=c2s/c(=C/c3ccc(Sc4nccc(C)n4)o3)c(=O)n2[C@H]1c1cccc(OC)c1. The van der Waals surface area contributed by atoms with Crippen LogP contribution >= 0.6 is 23.1 Å². The summed E-state index contributed by atoms with van der Waals surface area (Å²) in [5.74, 6) is 0.545. The molecule has 0 fully saturated rings. The second-order valence-electron chi connectivity index (χ2n) is 9.45. The third kappa shape index (κ3) is 5.81. The molecule has 5 aromatic rings. The molecular weight excluding hydrogens is 585 g/mol. The molecular formula is C32H26N4O5S2. The highest BCUT2D eigenvalue weighted by atomic mass is 32.2. The number of furan rings is 1. The molecule has 1 atom stereocenters. The summed E-state index contributed by atoms with van der Waals surface area (Å²) >= 11 is 2.52. The molecule has 0 amide bonds. The number of esters is 1. The van der Waals surface area contributed by atoms with E-state index in [0.29, 0.717) is 42.4 Å². The Bertz CT molecular complexity index is 2030. The molecule has 1 aliphatic rings. The topological polar surface area (TPSA) is 109 Å². The van der Waals surface area contributed by atoms with Gasteiger partial charge in [-0.25, -0.2) is 19.8 Å². The number of aromatic nitrogens is 3. The minimum Gasteiger partial charge on any atom is -0.497 e. The molecule has 0 aliphatic carbocycles. The predicted octanol–water partition coefficient (Wildman–Crippen LogP) is 4.79. The second-order valence-corrected chi connectivity index (χ2v) is 11.4. The Morgan fingerprint density at radius 3 is 2.72 bits per heavy atom. The molecule has 0 spiro atoms. The van der Waals surface area contributed by atoms with Crippen LogP contribution in [0.4, 0.5) is 0 Å². The third-order valence-corrected chi connectivity index (χ3v) is 8.41. The Labute approximate surface area is 254 Å². The maximum absolute atomic E-state index is 14.1. The molecule has 216 valence electrons. The van der Waals surface area contributed by atoms with Crippen LogP contribution in [0.5, 0.6) is 5.75 Å². The van der Waals surface area contributed by atoms with Gasteiger partial charge < -0.3 is 13.9 Å². The van der Waals surface area contributed by atoms with Gasteiger partial charge in [0.1, 0.15) is 11.5 Å². The summed E-state index contributed by atoms with van der Waals surface area (Å²) in [7, 11) is 1.57. The Hall–Kier alpha value is -4.74. The van der Waals surface area contributed by atoms with Gasteiger partial charge in [0.05, 0.1) is 35.6 Å². The minimum absolute atomic E-state index is 0.173. The zero-order valence-electron chi connectivity index (χ0n) is 23.5. The first kappa shape index (κ1) is 28.4. The lowest BCUT2D eigenvalue weighted by Crippen LogP contribution is -2.40. The number of methoxy groups -OCH3 is 1. The monoisotopic (exact) mass is 610 g/mol. The molecule has 0 radical (unpaired) electrons. The number of ether oxygens (including phenoxy) is 2. The van der Waals surface area contributed by atoms with Crippen LogP contribution in [-0.2, 0) is 9.53 Å². The summed E-state index contributed by atoms with van der Waals surface area (Å²) < 4.78 is 19.0. The van der Waals surface area contributed by atoms with E-state index in [1.165, 1.54) is 23.1 Å². The summed E-state index contributed by atoms with van der Waals surface area (Å²) in [5.41, 5.74) is 2.70. The van der Waals surface area contributed by atoms with Crippen LogP contribution in [0.15, 0.2) is 109 Å². The first-order valence-electron chi connectivity index (χ1n) is 13.4. The van der Waals surface area contributed by atoms with Crippen LogP contribution in [0.25, 0.3) is 11.8 Å². The van der Waals surface area contributed by atoms with E-state index in [1.807, 2.05) is 73.7 Å². The van der Waals surface area contributed by atoms with E-state index in [0.717, 1.165) is 11.3 Å². The van der Waals surface area contributed by atoms with E-state index in [4.69, 9.17) is 18.9 Å². The average molecular weight is 611 g/mol. The molecule has 43 heavy (non-hydrogen) atoms. The highest BCUT2D eigenvalue weighted by molar-refractivity contribution is 7.99. The zero-order valence-corrected chi connectivity index (χ0v) is 25.1. The van der Waals surface area contributed by atoms with E-state index in [-0.39, 0.29) is 17.7 Å². The fourth-order valence-electron chi connectivity index (χ4n) is 4.73. The molecule has 4 heterocycles. The summed E-state index contributed by atoms with van der Waals surface area (Å²) in [6.45, 7) is 3.82. The number of carbonyl (C=O) groups excluding carboxylic acids is 1. The Morgan fingerprint density at radius 1 is 1.12 bits per heavy atom. The van der Waals surface area contributed by atoms with Crippen molar-refractivity contribution in [1.29, 1.82) is 0 Å². The second kappa shape index (κ2) is 12.2. The number of hydrogen-bond acceptors (Lipinski definition) is 10. The quantitative estimate of drug-likeness (QED) is 0.182. The van der Waals surface area contributed by atoms with Gasteiger partial charge in [0.25, 0.3) is 5.56 Å². The lowest BCUT2D eigenvalue weighted by molar-refractivity contribution is -0.138. The van der Waals surface area contributed by atoms with E-state index in [9.17, 15) is 9.59 Å². The van der Waals surface area contributed by atoms with Crippen LogP contribution < -0.4 is 19.6 Å². The number of benzene rings is 2. The van der Waals surface area contributed by atoms with Crippen molar-refractivity contribution in [2.24, 2.45) is 4.99 Å². The van der Waals surface area contributed by atoms with Crippen molar-refractivity contribution in [1.82, 2.24) is 14.5 Å². The van der Waals surface area contributed by atoms with Gasteiger partial charge in [0.15, 0.2) is 15.1 Å². The van der Waals surface area contributed by atoms with Crippen molar-refractivity contribution >= 4 is 40.8 Å². The molecule has 9 nitrogen and oxygen atoms in total. The standard InChI is InChI=1S/C32H26N4O5S2/c1-4-40-30(38)26-27(20-9-6-5-7-10-20)35-32-36(28(26)21-11-8-12-22(17-21)39-3)29(37)24(42-32)18-23-13-14-25(41-23)43-31-33-16-15-19(2)34-31/h5-18,28H,4H2,1-3H3/b24-18+/t28-/m0/s1. The first-order valence-corrected chi connectivity index (χ1v) is 15.1. The maximum Gasteiger partial charge on any atom is 0.338 e. The predicted molar refractivity (Wildman–Crippen MR) is 164 cm³/mol. The number of thiazole rings is 1. The van der Waals surface area contributed by atoms with Crippen LogP contribution in [0, 0.1) is 6.92 Å². The number of fused-ring (bicyclic) bond motifs is 1. The van der Waals surface area contributed by atoms with Crippen molar-refractivity contribution < 1.29 is 18.7 Å². The van der Waals surface area contributed by atoms with Gasteiger partial charge in [-0.15, -0.1) is 0 Å². The summed E-state index contributed by atoms with van der Waals surface area (Å²) in [6.07, 6.45) is 3.38. The number of aryl methyl sites for hydroxylation is 1. The van der Waals surface area contributed by atoms with Gasteiger partial charge >= 0.3 is 5.97 Å². The van der Waals surface area contributed by atoms with Crippen LogP contribution in [0.3, 0.4) is 0 Å². The molecule has 0 saturated heterocycles. The lowest BCUT2D eigenvalue weighted by Gasteiger charge is -2.26. The third-order valence-electron chi connectivity index (χ3n) is 6.62. The van der Waals surface area contributed by atoms with Gasteiger partial charge in [-0.3, -0.25) is 9.36 Å². The van der Waals surface area contributed by atoms with Gasteiger partial charge in [0, 0.05) is 23.5 Å². The largest absolute Gasteiger partial charge is 0.497 e. The first-order chi connectivity index (χ1) is 20.9. The van der Waals surface area contributed by atoms with Crippen molar-refractivity contribution in [3.8, 4) is 5.75 Å². The fourth-order valence-corrected chi connectivity index (χ4v) is 6.47. The Balaban J connectivity index is 1.52. The lowest BCUT2D eigenvalue weighted by atomic mass is 9.93. The van der Waals surface area contributed by atoms with Crippen molar-refractivity contribution in [3.05, 3.63) is 127 Å². The summed E-state index contributed by atoms with van der Waals surface area (Å²) in [6, 6.07) is 21.4. The van der Waals surface area contributed by atoms with Crippen LogP contribution in [-0.4, -0.2) is 34.2 Å². The molecule has 3 aromatic heterocycles. The zero-order chi connectivity index (χ0) is 29.9. The van der Waals surface area contributed by atoms with E-state index < -0.39 is 12.0 Å². The highest BCUT2D eigenvalue weighted by Gasteiger charge is 2.35. The molecule has 6 rings (SSSR count). The minimum atomic E-state index is -0.802. The van der Waals surface area contributed by atoms with E-state index >= 15 is 0 Å². The molecule has 2 aromatic carbocycles. The maximum atomic E-state index is 14.1. The number of carbonyl (C=O) groups is 1. The summed E-state index contributed by atoms with van der Waals surface area (Å²) in [5, 5.41) is 1.16. The van der Waals surface area contributed by atoms with Gasteiger partial charge in [-0.1, -0.05) is 53.8 Å². The number of rotatable bonds is 8. The van der Waals surface area contributed by atoms with Crippen molar-refractivity contribution in [2.75, 3.05) is 13.7 Å². The van der Waals surface area contributed by atoms with Crippen LogP contribution in [0.2, 0.25) is 0 Å². The van der Waals surface area contributed by atoms with Gasteiger partial charge in [-0.05, 0) is 61.5 Å². The van der Waals surface area contributed by atoms with E-state index in [1.54, 1.807) is 36.9 Å². The molecule has 0 unspecified atom stereocenters.